The van der Waals surface area contributed by atoms with Crippen LogP contribution in [0.25, 0.3) is 10.1 Å². The summed E-state index contributed by atoms with van der Waals surface area (Å²) < 4.78 is 38.0. The fraction of sp³-hybridized carbons (Fsp3) is 0.100. The summed E-state index contributed by atoms with van der Waals surface area (Å²) in [6, 6.07) is 4.73. The van der Waals surface area contributed by atoms with Gasteiger partial charge < -0.3 is 0 Å². The molecule has 0 saturated heterocycles. The maximum Gasteiger partial charge on any atom is 0.416 e. The van der Waals surface area contributed by atoms with Crippen LogP contribution in [0.4, 0.5) is 13.2 Å². The van der Waals surface area contributed by atoms with Crippen LogP contribution in [0, 0.1) is 0 Å². The number of nitrogens with two attached hydrogens (primary N) is 1. The van der Waals surface area contributed by atoms with Crippen LogP contribution in [0.3, 0.4) is 0 Å². The third-order valence-corrected chi connectivity index (χ3v) is 3.31. The third kappa shape index (κ3) is 2.25. The zero-order valence-corrected chi connectivity index (χ0v) is 9.15. The largest absolute Gasteiger partial charge is 0.416 e. The lowest BCUT2D eigenvalue weighted by Gasteiger charge is -2.05. The number of amides is 1. The molecule has 0 spiro atoms. The van der Waals surface area contributed by atoms with E-state index in [-0.39, 0.29) is 4.88 Å². The summed E-state index contributed by atoms with van der Waals surface area (Å²) >= 11 is 1.09. The van der Waals surface area contributed by atoms with E-state index in [1.54, 1.807) is 0 Å². The maximum absolute atomic E-state index is 12.5. The molecular formula is C10H7F3N2OS. The van der Waals surface area contributed by atoms with Crippen molar-refractivity contribution in [1.82, 2.24) is 5.43 Å². The molecule has 17 heavy (non-hydrogen) atoms. The Kier molecular flexibility index (Phi) is 2.80. The molecule has 1 aromatic carbocycles. The number of rotatable bonds is 1. The minimum Gasteiger partial charge on any atom is -0.289 e. The number of hydrogen-bond acceptors (Lipinski definition) is 3. The van der Waals surface area contributed by atoms with E-state index < -0.39 is 17.6 Å². The van der Waals surface area contributed by atoms with Gasteiger partial charge in [-0.15, -0.1) is 11.3 Å². The Morgan fingerprint density at radius 3 is 2.59 bits per heavy atom. The number of nitrogens with one attached hydrogen (secondary N) is 1. The Morgan fingerprint density at radius 1 is 1.29 bits per heavy atom. The lowest BCUT2D eigenvalue weighted by Crippen LogP contribution is -2.29. The minimum absolute atomic E-state index is 0.279. The van der Waals surface area contributed by atoms with Gasteiger partial charge in [0.05, 0.1) is 10.4 Å². The van der Waals surface area contributed by atoms with E-state index in [0.29, 0.717) is 10.1 Å². The highest BCUT2D eigenvalue weighted by molar-refractivity contribution is 7.20. The molecule has 90 valence electrons. The van der Waals surface area contributed by atoms with Gasteiger partial charge in [-0.05, 0) is 29.7 Å². The number of alkyl halides is 3. The summed E-state index contributed by atoms with van der Waals surface area (Å²) in [7, 11) is 0. The van der Waals surface area contributed by atoms with Gasteiger partial charge in [-0.2, -0.15) is 13.2 Å². The predicted octanol–water partition coefficient (Wildman–Crippen LogP) is 2.52. The fourth-order valence-corrected chi connectivity index (χ4v) is 2.35. The van der Waals surface area contributed by atoms with E-state index in [1.165, 1.54) is 12.1 Å². The number of benzene rings is 1. The minimum atomic E-state index is -4.38. The van der Waals surface area contributed by atoms with Crippen LogP contribution in [0.5, 0.6) is 0 Å². The average Bonchev–Trinajstić information content (AvgIpc) is 2.69. The summed E-state index contributed by atoms with van der Waals surface area (Å²) in [5.41, 5.74) is 1.20. The molecule has 1 heterocycles. The zero-order valence-electron chi connectivity index (χ0n) is 8.34. The van der Waals surface area contributed by atoms with Gasteiger partial charge in [0.15, 0.2) is 0 Å². The van der Waals surface area contributed by atoms with Gasteiger partial charge in [0.25, 0.3) is 5.91 Å². The van der Waals surface area contributed by atoms with Gasteiger partial charge in [0.1, 0.15) is 0 Å². The van der Waals surface area contributed by atoms with Crippen LogP contribution in [0.2, 0.25) is 0 Å². The van der Waals surface area contributed by atoms with Gasteiger partial charge >= 0.3 is 6.18 Å². The number of thiophene rings is 1. The number of fused-ring (bicyclic) bond motifs is 1. The number of nitrogen functional groups attached to an aromatic ring is 1. The van der Waals surface area contributed by atoms with Crippen LogP contribution >= 0.6 is 11.3 Å². The molecule has 1 aromatic heterocycles. The molecule has 0 aliphatic carbocycles. The molecule has 2 aromatic rings. The van der Waals surface area contributed by atoms with Crippen molar-refractivity contribution >= 4 is 27.3 Å². The molecule has 3 N–H and O–H groups in total. The van der Waals surface area contributed by atoms with Crippen molar-refractivity contribution in [3.8, 4) is 0 Å². The Morgan fingerprint density at radius 2 is 2.00 bits per heavy atom. The van der Waals surface area contributed by atoms with E-state index in [4.69, 9.17) is 5.84 Å². The van der Waals surface area contributed by atoms with E-state index in [0.717, 1.165) is 23.5 Å². The van der Waals surface area contributed by atoms with Crippen LogP contribution in [-0.4, -0.2) is 5.91 Å². The van der Waals surface area contributed by atoms with E-state index in [9.17, 15) is 18.0 Å². The molecule has 0 unspecified atom stereocenters. The summed E-state index contributed by atoms with van der Waals surface area (Å²) in [6.45, 7) is 0. The fourth-order valence-electron chi connectivity index (χ4n) is 1.40. The van der Waals surface area contributed by atoms with Crippen LogP contribution in [0.1, 0.15) is 15.2 Å². The maximum atomic E-state index is 12.5. The van der Waals surface area contributed by atoms with Gasteiger partial charge in [-0.1, -0.05) is 0 Å². The molecule has 0 aliphatic heterocycles. The third-order valence-electron chi connectivity index (χ3n) is 2.20. The lowest BCUT2D eigenvalue weighted by molar-refractivity contribution is -0.137. The van der Waals surface area contributed by atoms with E-state index in [1.807, 2.05) is 5.43 Å². The number of halogens is 3. The van der Waals surface area contributed by atoms with E-state index >= 15 is 0 Å². The molecule has 1 amide bonds. The van der Waals surface area contributed by atoms with Crippen LogP contribution < -0.4 is 11.3 Å². The summed E-state index contributed by atoms with van der Waals surface area (Å²) in [5.74, 6) is 4.44. The molecular weight excluding hydrogens is 253 g/mol. The van der Waals surface area contributed by atoms with Crippen LogP contribution in [0.15, 0.2) is 24.3 Å². The molecule has 0 bridgehead atoms. The number of hydrazine groups is 1. The quantitative estimate of drug-likeness (QED) is 0.470. The smallest absolute Gasteiger partial charge is 0.289 e. The number of carbonyl (C=O) groups is 1. The highest BCUT2D eigenvalue weighted by Crippen LogP contribution is 2.34. The van der Waals surface area contributed by atoms with Crippen molar-refractivity contribution in [2.75, 3.05) is 0 Å². The van der Waals surface area contributed by atoms with Crippen molar-refractivity contribution in [2.45, 2.75) is 6.18 Å². The monoisotopic (exact) mass is 260 g/mol. The van der Waals surface area contributed by atoms with Gasteiger partial charge in [-0.25, -0.2) is 5.84 Å². The normalized spacial score (nSPS) is 11.8. The molecule has 7 heteroatoms. The second-order valence-corrected chi connectivity index (χ2v) is 4.42. The lowest BCUT2D eigenvalue weighted by atomic mass is 10.1. The van der Waals surface area contributed by atoms with Crippen molar-refractivity contribution in [2.24, 2.45) is 5.84 Å². The SMILES string of the molecule is NNC(=O)c1cc2cc(C(F)(F)F)ccc2s1. The zero-order chi connectivity index (χ0) is 12.6. The summed E-state index contributed by atoms with van der Waals surface area (Å²) in [6.07, 6.45) is -4.38. The number of hydrogen-bond donors (Lipinski definition) is 2. The van der Waals surface area contributed by atoms with Crippen molar-refractivity contribution in [1.29, 1.82) is 0 Å². The van der Waals surface area contributed by atoms with Crippen molar-refractivity contribution in [3.05, 3.63) is 34.7 Å². The summed E-state index contributed by atoms with van der Waals surface area (Å²) in [5, 5.41) is 0.378. The highest BCUT2D eigenvalue weighted by Gasteiger charge is 2.30. The van der Waals surface area contributed by atoms with Gasteiger partial charge in [-0.3, -0.25) is 10.2 Å². The molecule has 0 aliphatic rings. The first-order valence-corrected chi connectivity index (χ1v) is 5.35. The predicted molar refractivity (Wildman–Crippen MR) is 58.5 cm³/mol. The second-order valence-electron chi connectivity index (χ2n) is 3.33. The summed E-state index contributed by atoms with van der Waals surface area (Å²) in [4.78, 5) is 11.5. The first-order valence-electron chi connectivity index (χ1n) is 4.53. The van der Waals surface area contributed by atoms with Gasteiger partial charge in [0.2, 0.25) is 0 Å². The Hall–Kier alpha value is -1.60. The first kappa shape index (κ1) is 11.9. The molecule has 0 fully saturated rings. The number of carbonyl (C=O) groups excluding carboxylic acids is 1. The Balaban J connectivity index is 2.52. The van der Waals surface area contributed by atoms with E-state index in [2.05, 4.69) is 0 Å². The van der Waals surface area contributed by atoms with Crippen LogP contribution in [-0.2, 0) is 6.18 Å². The molecule has 0 radical (unpaired) electrons. The van der Waals surface area contributed by atoms with Crippen molar-refractivity contribution < 1.29 is 18.0 Å². The average molecular weight is 260 g/mol. The molecule has 0 atom stereocenters. The second kappa shape index (κ2) is 4.01. The topological polar surface area (TPSA) is 55.1 Å². The standard InChI is InChI=1S/C10H7F3N2OS/c11-10(12,13)6-1-2-7-5(3-6)4-8(17-7)9(16)15-14/h1-4H,14H2,(H,15,16). The van der Waals surface area contributed by atoms with Crippen molar-refractivity contribution in [3.63, 3.8) is 0 Å². The highest BCUT2D eigenvalue weighted by atomic mass is 32.1. The Bertz CT molecular complexity index is 576. The van der Waals surface area contributed by atoms with Gasteiger partial charge in [0, 0.05) is 4.70 Å². The molecule has 0 saturated carbocycles. The Labute approximate surface area is 98.0 Å². The molecule has 3 nitrogen and oxygen atoms in total. The first-order chi connectivity index (χ1) is 7.91. The molecule has 2 rings (SSSR count).